The number of thiophene rings is 1. The standard InChI is InChI=1S/C13H15BrN2O3S2/c14-13-5-4-12(20-13)9-16-21(17,18)7-6-19-11-3-1-2-10(15)8-11/h1-5,8,16H,6-7,9,15H2. The summed E-state index contributed by atoms with van der Waals surface area (Å²) >= 11 is 4.83. The largest absolute Gasteiger partial charge is 0.492 e. The Kier molecular flexibility index (Phi) is 5.63. The molecule has 0 aliphatic rings. The molecule has 0 fully saturated rings. The van der Waals surface area contributed by atoms with E-state index in [1.165, 1.54) is 11.3 Å². The van der Waals surface area contributed by atoms with E-state index in [9.17, 15) is 8.42 Å². The minimum atomic E-state index is -3.37. The van der Waals surface area contributed by atoms with Crippen LogP contribution in [0.25, 0.3) is 0 Å². The van der Waals surface area contributed by atoms with Gasteiger partial charge in [0.05, 0.1) is 9.54 Å². The first kappa shape index (κ1) is 16.3. The average molecular weight is 391 g/mol. The molecule has 0 amide bonds. The number of sulfonamides is 1. The molecule has 8 heteroatoms. The molecule has 21 heavy (non-hydrogen) atoms. The van der Waals surface area contributed by atoms with Gasteiger partial charge in [-0.25, -0.2) is 13.1 Å². The van der Waals surface area contributed by atoms with Crippen LogP contribution in [0.2, 0.25) is 0 Å². The lowest BCUT2D eigenvalue weighted by Crippen LogP contribution is -2.28. The quantitative estimate of drug-likeness (QED) is 0.711. The van der Waals surface area contributed by atoms with E-state index < -0.39 is 10.0 Å². The van der Waals surface area contributed by atoms with Crippen molar-refractivity contribution in [3.8, 4) is 5.75 Å². The van der Waals surface area contributed by atoms with Crippen molar-refractivity contribution in [2.75, 3.05) is 18.1 Å². The summed E-state index contributed by atoms with van der Waals surface area (Å²) in [5, 5.41) is 0. The average Bonchev–Trinajstić information content (AvgIpc) is 2.82. The second-order valence-corrected chi connectivity index (χ2v) is 8.74. The lowest BCUT2D eigenvalue weighted by atomic mass is 10.3. The van der Waals surface area contributed by atoms with Gasteiger partial charge in [-0.05, 0) is 40.2 Å². The van der Waals surface area contributed by atoms with Gasteiger partial charge < -0.3 is 10.5 Å². The minimum absolute atomic E-state index is 0.0763. The van der Waals surface area contributed by atoms with Gasteiger partial charge in [0.2, 0.25) is 10.0 Å². The van der Waals surface area contributed by atoms with Gasteiger partial charge in [0, 0.05) is 23.2 Å². The molecular weight excluding hydrogens is 376 g/mol. The molecule has 3 N–H and O–H groups in total. The summed E-state index contributed by atoms with van der Waals surface area (Å²) in [5.41, 5.74) is 6.20. The van der Waals surface area contributed by atoms with Crippen molar-refractivity contribution in [3.63, 3.8) is 0 Å². The summed E-state index contributed by atoms with van der Waals surface area (Å²) < 4.78 is 32.6. The fraction of sp³-hybridized carbons (Fsp3) is 0.231. The van der Waals surface area contributed by atoms with Gasteiger partial charge in [-0.2, -0.15) is 0 Å². The Morgan fingerprint density at radius 3 is 2.76 bits per heavy atom. The van der Waals surface area contributed by atoms with Gasteiger partial charge in [0.15, 0.2) is 0 Å². The van der Waals surface area contributed by atoms with Crippen LogP contribution in [0.5, 0.6) is 5.75 Å². The van der Waals surface area contributed by atoms with E-state index in [0.29, 0.717) is 11.4 Å². The second kappa shape index (κ2) is 7.26. The van der Waals surface area contributed by atoms with E-state index >= 15 is 0 Å². The third kappa shape index (κ3) is 5.66. The molecule has 0 radical (unpaired) electrons. The second-order valence-electron chi connectivity index (χ2n) is 4.27. The summed E-state index contributed by atoms with van der Waals surface area (Å²) in [4.78, 5) is 0.946. The number of hydrogen-bond donors (Lipinski definition) is 2. The summed E-state index contributed by atoms with van der Waals surface area (Å²) in [6, 6.07) is 10.6. The Morgan fingerprint density at radius 2 is 2.10 bits per heavy atom. The lowest BCUT2D eigenvalue weighted by Gasteiger charge is -2.08. The predicted octanol–water partition coefficient (Wildman–Crippen LogP) is 2.59. The molecule has 0 aliphatic heterocycles. The highest BCUT2D eigenvalue weighted by Crippen LogP contribution is 2.21. The molecular formula is C13H15BrN2O3S2. The summed E-state index contributed by atoms with van der Waals surface area (Å²) in [7, 11) is -3.37. The van der Waals surface area contributed by atoms with Crippen LogP contribution in [0.15, 0.2) is 40.2 Å². The van der Waals surface area contributed by atoms with Gasteiger partial charge in [-0.3, -0.25) is 0 Å². The van der Waals surface area contributed by atoms with E-state index in [-0.39, 0.29) is 18.9 Å². The predicted molar refractivity (Wildman–Crippen MR) is 89.0 cm³/mol. The first-order valence-electron chi connectivity index (χ1n) is 6.14. The van der Waals surface area contributed by atoms with Crippen molar-refractivity contribution in [1.82, 2.24) is 4.72 Å². The van der Waals surface area contributed by atoms with Crippen molar-refractivity contribution in [3.05, 3.63) is 45.1 Å². The van der Waals surface area contributed by atoms with Crippen LogP contribution in [0.1, 0.15) is 4.88 Å². The number of rotatable bonds is 7. The van der Waals surface area contributed by atoms with Crippen molar-refractivity contribution < 1.29 is 13.2 Å². The fourth-order valence-corrected chi connectivity index (χ4v) is 3.91. The highest BCUT2D eigenvalue weighted by Gasteiger charge is 2.11. The third-order valence-electron chi connectivity index (χ3n) is 2.57. The molecule has 0 bridgehead atoms. The molecule has 0 saturated carbocycles. The maximum atomic E-state index is 11.8. The molecule has 5 nitrogen and oxygen atoms in total. The maximum Gasteiger partial charge on any atom is 0.215 e. The minimum Gasteiger partial charge on any atom is -0.492 e. The lowest BCUT2D eigenvalue weighted by molar-refractivity contribution is 0.340. The van der Waals surface area contributed by atoms with Crippen LogP contribution in [0.4, 0.5) is 5.69 Å². The Balaban J connectivity index is 1.78. The van der Waals surface area contributed by atoms with E-state index in [2.05, 4.69) is 20.7 Å². The number of nitrogens with two attached hydrogens (primary N) is 1. The van der Waals surface area contributed by atoms with Gasteiger partial charge >= 0.3 is 0 Å². The van der Waals surface area contributed by atoms with E-state index in [1.54, 1.807) is 24.3 Å². The molecule has 0 atom stereocenters. The number of nitrogen functional groups attached to an aromatic ring is 1. The van der Waals surface area contributed by atoms with Crippen LogP contribution in [0.3, 0.4) is 0 Å². The monoisotopic (exact) mass is 390 g/mol. The van der Waals surface area contributed by atoms with Gasteiger partial charge in [-0.15, -0.1) is 11.3 Å². The molecule has 0 saturated heterocycles. The molecule has 0 spiro atoms. The summed E-state index contributed by atoms with van der Waals surface area (Å²) in [6.45, 7) is 0.365. The van der Waals surface area contributed by atoms with Crippen LogP contribution in [-0.4, -0.2) is 20.8 Å². The normalized spacial score (nSPS) is 11.5. The van der Waals surface area contributed by atoms with Crippen molar-refractivity contribution in [2.24, 2.45) is 0 Å². The van der Waals surface area contributed by atoms with Crippen LogP contribution >= 0.6 is 27.3 Å². The Labute approximate surface area is 136 Å². The molecule has 2 rings (SSSR count). The number of nitrogens with one attached hydrogen (secondary N) is 1. The molecule has 0 unspecified atom stereocenters. The number of halogens is 1. The molecule has 2 aromatic rings. The van der Waals surface area contributed by atoms with E-state index in [0.717, 1.165) is 8.66 Å². The molecule has 0 aliphatic carbocycles. The fourth-order valence-electron chi connectivity index (χ4n) is 1.57. The van der Waals surface area contributed by atoms with Crippen molar-refractivity contribution in [1.29, 1.82) is 0 Å². The molecule has 1 aromatic heterocycles. The van der Waals surface area contributed by atoms with E-state index in [1.807, 2.05) is 12.1 Å². The molecule has 1 aromatic carbocycles. The number of benzene rings is 1. The third-order valence-corrected chi connectivity index (χ3v) is 5.49. The van der Waals surface area contributed by atoms with Crippen LogP contribution < -0.4 is 15.2 Å². The van der Waals surface area contributed by atoms with Crippen molar-refractivity contribution >= 4 is 43.0 Å². The summed E-state index contributed by atoms with van der Waals surface area (Å²) in [6.07, 6.45) is 0. The first-order chi connectivity index (χ1) is 9.94. The zero-order valence-corrected chi connectivity index (χ0v) is 14.3. The highest BCUT2D eigenvalue weighted by molar-refractivity contribution is 9.11. The molecule has 114 valence electrons. The number of anilines is 1. The maximum absolute atomic E-state index is 11.8. The number of hydrogen-bond acceptors (Lipinski definition) is 5. The Hall–Kier alpha value is -1.09. The number of ether oxygens (including phenoxy) is 1. The zero-order chi connectivity index (χ0) is 15.3. The Bertz CT molecular complexity index is 701. The van der Waals surface area contributed by atoms with Gasteiger partial charge in [-0.1, -0.05) is 6.07 Å². The zero-order valence-electron chi connectivity index (χ0n) is 11.1. The first-order valence-corrected chi connectivity index (χ1v) is 9.41. The topological polar surface area (TPSA) is 81.4 Å². The van der Waals surface area contributed by atoms with Gasteiger partial charge in [0.1, 0.15) is 12.4 Å². The van der Waals surface area contributed by atoms with Crippen LogP contribution in [0, 0.1) is 0 Å². The summed E-state index contributed by atoms with van der Waals surface area (Å²) in [5.74, 6) is 0.460. The highest BCUT2D eigenvalue weighted by atomic mass is 79.9. The van der Waals surface area contributed by atoms with Gasteiger partial charge in [0.25, 0.3) is 0 Å². The van der Waals surface area contributed by atoms with E-state index in [4.69, 9.17) is 10.5 Å². The van der Waals surface area contributed by atoms with Crippen LogP contribution in [-0.2, 0) is 16.6 Å². The van der Waals surface area contributed by atoms with Crippen molar-refractivity contribution in [2.45, 2.75) is 6.54 Å². The smallest absolute Gasteiger partial charge is 0.215 e. The SMILES string of the molecule is Nc1cccc(OCCS(=O)(=O)NCc2ccc(Br)s2)c1. The molecule has 1 heterocycles. The Morgan fingerprint density at radius 1 is 1.29 bits per heavy atom.